The lowest BCUT2D eigenvalue weighted by atomic mass is 9.99. The quantitative estimate of drug-likeness (QED) is 0.928. The average Bonchev–Trinajstić information content (AvgIpc) is 3.09. The Morgan fingerprint density at radius 1 is 1.48 bits per heavy atom. The zero-order valence-electron chi connectivity index (χ0n) is 14.0. The van der Waals surface area contributed by atoms with Gasteiger partial charge in [0.25, 0.3) is 0 Å². The molecule has 3 rings (SSSR count). The molecule has 1 aromatic rings. The first-order valence-corrected chi connectivity index (χ1v) is 8.59. The molecule has 2 aliphatic rings. The summed E-state index contributed by atoms with van der Waals surface area (Å²) in [6.07, 6.45) is 3.16. The number of urea groups is 1. The Labute approximate surface area is 137 Å². The van der Waals surface area contributed by atoms with Crippen molar-refractivity contribution in [3.63, 3.8) is 0 Å². The number of nitrogens with zero attached hydrogens (tertiary/aromatic N) is 1. The summed E-state index contributed by atoms with van der Waals surface area (Å²) in [5, 5.41) is 3.09. The van der Waals surface area contributed by atoms with Crippen molar-refractivity contribution in [2.24, 2.45) is 0 Å². The van der Waals surface area contributed by atoms with Gasteiger partial charge in [-0.1, -0.05) is 6.07 Å². The predicted octanol–water partition coefficient (Wildman–Crippen LogP) is 2.72. The number of carbonyl (C=O) groups excluding carboxylic acids is 1. The van der Waals surface area contributed by atoms with E-state index in [1.807, 2.05) is 24.8 Å². The van der Waals surface area contributed by atoms with Gasteiger partial charge in [0.1, 0.15) is 5.75 Å². The van der Waals surface area contributed by atoms with Crippen LogP contribution in [0.2, 0.25) is 0 Å². The molecular weight excluding hydrogens is 292 g/mol. The molecule has 2 amide bonds. The summed E-state index contributed by atoms with van der Waals surface area (Å²) in [6, 6.07) is 6.24. The van der Waals surface area contributed by atoms with Crippen LogP contribution >= 0.6 is 0 Å². The summed E-state index contributed by atoms with van der Waals surface area (Å²) in [5.41, 5.74) is 2.49. The lowest BCUT2D eigenvalue weighted by Crippen LogP contribution is -2.49. The van der Waals surface area contributed by atoms with Crippen LogP contribution in [-0.4, -0.2) is 42.8 Å². The van der Waals surface area contributed by atoms with Crippen LogP contribution in [0.3, 0.4) is 0 Å². The molecule has 0 radical (unpaired) electrons. The topological polar surface area (TPSA) is 50.8 Å². The lowest BCUT2D eigenvalue weighted by Gasteiger charge is -2.31. The van der Waals surface area contributed by atoms with Crippen LogP contribution in [0.4, 0.5) is 4.79 Å². The molecule has 1 fully saturated rings. The first-order valence-electron chi connectivity index (χ1n) is 8.59. The summed E-state index contributed by atoms with van der Waals surface area (Å²) < 4.78 is 11.2. The number of fused-ring (bicyclic) bond motifs is 1. The van der Waals surface area contributed by atoms with Crippen LogP contribution < -0.4 is 10.1 Å². The van der Waals surface area contributed by atoms with E-state index < -0.39 is 0 Å². The van der Waals surface area contributed by atoms with Crippen molar-refractivity contribution in [2.75, 3.05) is 19.8 Å². The van der Waals surface area contributed by atoms with E-state index in [-0.39, 0.29) is 18.2 Å². The fourth-order valence-corrected chi connectivity index (χ4v) is 3.34. The molecule has 0 spiro atoms. The van der Waals surface area contributed by atoms with Gasteiger partial charge in [0, 0.05) is 19.7 Å². The van der Waals surface area contributed by atoms with E-state index in [1.165, 1.54) is 11.1 Å². The largest absolute Gasteiger partial charge is 0.494 e. The standard InChI is InChI=1S/C18H26N2O3/c1-3-22-16-7-6-14-8-9-20(12-15(14)11-16)18(21)19-13(2)17-5-4-10-23-17/h6-7,11,13,17H,3-5,8-10,12H2,1-2H3,(H,19,21). The number of carbonyl (C=O) groups is 1. The van der Waals surface area contributed by atoms with Gasteiger partial charge in [-0.2, -0.15) is 0 Å². The minimum atomic E-state index is 0.000429. The van der Waals surface area contributed by atoms with Crippen LogP contribution in [0.1, 0.15) is 37.8 Å². The van der Waals surface area contributed by atoms with Crippen molar-refractivity contribution in [3.8, 4) is 5.75 Å². The van der Waals surface area contributed by atoms with E-state index in [9.17, 15) is 4.79 Å². The molecule has 0 saturated carbocycles. The summed E-state index contributed by atoms with van der Waals surface area (Å²) in [7, 11) is 0. The molecule has 1 aromatic carbocycles. The summed E-state index contributed by atoms with van der Waals surface area (Å²) in [4.78, 5) is 14.4. The van der Waals surface area contributed by atoms with E-state index in [1.54, 1.807) is 0 Å². The number of ether oxygens (including phenoxy) is 2. The average molecular weight is 318 g/mol. The molecule has 2 atom stereocenters. The fourth-order valence-electron chi connectivity index (χ4n) is 3.34. The molecule has 126 valence electrons. The smallest absolute Gasteiger partial charge is 0.318 e. The molecular formula is C18H26N2O3. The Morgan fingerprint density at radius 2 is 2.35 bits per heavy atom. The second-order valence-electron chi connectivity index (χ2n) is 6.32. The highest BCUT2D eigenvalue weighted by atomic mass is 16.5. The maximum atomic E-state index is 12.5. The van der Waals surface area contributed by atoms with Gasteiger partial charge in [-0.05, 0) is 56.4 Å². The SMILES string of the molecule is CCOc1ccc2c(c1)CN(C(=O)NC(C)C1CCCO1)CC2. The number of amides is 2. The number of hydrogen-bond acceptors (Lipinski definition) is 3. The van der Waals surface area contributed by atoms with Crippen molar-refractivity contribution >= 4 is 6.03 Å². The Hall–Kier alpha value is -1.75. The molecule has 2 aliphatic heterocycles. The minimum Gasteiger partial charge on any atom is -0.494 e. The van der Waals surface area contributed by atoms with Gasteiger partial charge < -0.3 is 19.7 Å². The Balaban J connectivity index is 1.61. The minimum absolute atomic E-state index is 0.000429. The molecule has 23 heavy (non-hydrogen) atoms. The van der Waals surface area contributed by atoms with E-state index in [0.717, 1.165) is 38.2 Å². The van der Waals surface area contributed by atoms with Gasteiger partial charge in [-0.25, -0.2) is 4.79 Å². The van der Waals surface area contributed by atoms with Crippen LogP contribution in [0.5, 0.6) is 5.75 Å². The van der Waals surface area contributed by atoms with Crippen molar-refractivity contribution in [2.45, 2.75) is 51.8 Å². The van der Waals surface area contributed by atoms with Crippen molar-refractivity contribution in [1.82, 2.24) is 10.2 Å². The highest BCUT2D eigenvalue weighted by Gasteiger charge is 2.27. The Morgan fingerprint density at radius 3 is 3.09 bits per heavy atom. The molecule has 2 heterocycles. The third-order valence-electron chi connectivity index (χ3n) is 4.66. The molecule has 5 nitrogen and oxygen atoms in total. The molecule has 0 bridgehead atoms. The zero-order chi connectivity index (χ0) is 16.2. The molecule has 1 N–H and O–H groups in total. The highest BCUT2D eigenvalue weighted by Crippen LogP contribution is 2.24. The van der Waals surface area contributed by atoms with E-state index in [4.69, 9.17) is 9.47 Å². The number of rotatable bonds is 4. The van der Waals surface area contributed by atoms with Gasteiger partial charge in [0.15, 0.2) is 0 Å². The molecule has 1 saturated heterocycles. The maximum Gasteiger partial charge on any atom is 0.318 e. The second-order valence-corrected chi connectivity index (χ2v) is 6.32. The fraction of sp³-hybridized carbons (Fsp3) is 0.611. The molecule has 0 aliphatic carbocycles. The van der Waals surface area contributed by atoms with Gasteiger partial charge in [-0.3, -0.25) is 0 Å². The van der Waals surface area contributed by atoms with Gasteiger partial charge in [0.05, 0.1) is 18.8 Å². The highest BCUT2D eigenvalue weighted by molar-refractivity contribution is 5.75. The lowest BCUT2D eigenvalue weighted by molar-refractivity contribution is 0.0829. The third-order valence-corrected chi connectivity index (χ3v) is 4.66. The summed E-state index contributed by atoms with van der Waals surface area (Å²) in [5.74, 6) is 0.876. The van der Waals surface area contributed by atoms with Crippen LogP contribution in [0.25, 0.3) is 0 Å². The van der Waals surface area contributed by atoms with E-state index in [2.05, 4.69) is 17.4 Å². The zero-order valence-corrected chi connectivity index (χ0v) is 14.0. The molecule has 2 unspecified atom stereocenters. The van der Waals surface area contributed by atoms with Crippen LogP contribution in [0.15, 0.2) is 18.2 Å². The number of benzene rings is 1. The van der Waals surface area contributed by atoms with E-state index >= 15 is 0 Å². The van der Waals surface area contributed by atoms with Crippen LogP contribution in [0, 0.1) is 0 Å². The Kier molecular flexibility index (Phi) is 5.06. The van der Waals surface area contributed by atoms with E-state index in [0.29, 0.717) is 13.2 Å². The first kappa shape index (κ1) is 16.1. The molecule has 0 aromatic heterocycles. The number of nitrogens with one attached hydrogen (secondary N) is 1. The van der Waals surface area contributed by atoms with Crippen molar-refractivity contribution < 1.29 is 14.3 Å². The summed E-state index contributed by atoms with van der Waals surface area (Å²) >= 11 is 0. The van der Waals surface area contributed by atoms with Gasteiger partial charge in [-0.15, -0.1) is 0 Å². The van der Waals surface area contributed by atoms with Crippen LogP contribution in [-0.2, 0) is 17.7 Å². The van der Waals surface area contributed by atoms with Gasteiger partial charge in [0.2, 0.25) is 0 Å². The van der Waals surface area contributed by atoms with Crippen molar-refractivity contribution in [3.05, 3.63) is 29.3 Å². The van der Waals surface area contributed by atoms with Crippen molar-refractivity contribution in [1.29, 1.82) is 0 Å². The normalized spacial score (nSPS) is 21.7. The predicted molar refractivity (Wildman–Crippen MR) is 88.7 cm³/mol. The number of hydrogen-bond donors (Lipinski definition) is 1. The third kappa shape index (κ3) is 3.78. The maximum absolute atomic E-state index is 12.5. The second kappa shape index (κ2) is 7.21. The summed E-state index contributed by atoms with van der Waals surface area (Å²) in [6.45, 7) is 6.86. The Bertz CT molecular complexity index is 555. The first-order chi connectivity index (χ1) is 11.2. The molecule has 5 heteroatoms. The van der Waals surface area contributed by atoms with Gasteiger partial charge >= 0.3 is 6.03 Å². The monoisotopic (exact) mass is 318 g/mol.